The van der Waals surface area contributed by atoms with Crippen LogP contribution >= 0.6 is 0 Å². The van der Waals surface area contributed by atoms with Crippen molar-refractivity contribution in [1.29, 1.82) is 0 Å². The summed E-state index contributed by atoms with van der Waals surface area (Å²) in [5.74, 6) is -1.25. The van der Waals surface area contributed by atoms with Gasteiger partial charge in [-0.2, -0.15) is 9.78 Å². The first-order valence-corrected chi connectivity index (χ1v) is 1.30. The van der Waals surface area contributed by atoms with Crippen LogP contribution in [0.4, 0.5) is 0 Å². The van der Waals surface area contributed by atoms with E-state index in [-0.39, 0.29) is 34.7 Å². The van der Waals surface area contributed by atoms with Crippen LogP contribution in [0.2, 0.25) is 0 Å². The summed E-state index contributed by atoms with van der Waals surface area (Å²) in [6.07, 6.45) is 0. The average Bonchev–Trinajstić information content (AvgIpc) is 1.76. The molecule has 0 aromatic rings. The van der Waals surface area contributed by atoms with E-state index >= 15 is 0 Å². The van der Waals surface area contributed by atoms with Crippen molar-refractivity contribution in [2.24, 2.45) is 0 Å². The molecule has 1 N–H and O–H groups in total. The molecule has 1 saturated heterocycles. The van der Waals surface area contributed by atoms with Gasteiger partial charge in [0.15, 0.2) is 0 Å². The zero-order valence-electron chi connectivity index (χ0n) is 3.58. The van der Waals surface area contributed by atoms with Crippen LogP contribution in [0.5, 0.6) is 0 Å². The van der Waals surface area contributed by atoms with Crippen molar-refractivity contribution < 1.29 is 49.6 Å². The second-order valence-corrected chi connectivity index (χ2v) is 1.06. The Bertz CT molecular complexity index is 48.9. The third-order valence-electron chi connectivity index (χ3n) is 0.325. The minimum atomic E-state index is -1.25. The summed E-state index contributed by atoms with van der Waals surface area (Å²) < 4.78 is 0. The Labute approximate surface area is 62.8 Å². The Balaban J connectivity index is 0. The fraction of sp³-hybridized carbons (Fsp3) is 1.00. The fourth-order valence-corrected chi connectivity index (χ4v) is 0.0603. The summed E-state index contributed by atoms with van der Waals surface area (Å²) in [6, 6.07) is 0. The minimum absolute atomic E-state index is 0. The Morgan fingerprint density at radius 3 is 1.43 bits per heavy atom. The molecular weight excluding hydrogens is 176 g/mol. The molecule has 0 amide bonds. The zero-order chi connectivity index (χ0) is 3.91. The molecule has 5 heteroatoms. The van der Waals surface area contributed by atoms with Gasteiger partial charge in [-0.05, 0) is 0 Å². The molecule has 0 aromatic heterocycles. The molecule has 0 atom stereocenters. The second kappa shape index (κ2) is 3.07. The van der Waals surface area contributed by atoms with Gasteiger partial charge in [0, 0.05) is 41.6 Å². The number of hydrogen-bond donors (Lipinski definition) is 1. The molecule has 0 unspecified atom stereocenters. The number of hydrogen-bond acceptors (Lipinski definition) is 3. The summed E-state index contributed by atoms with van der Waals surface area (Å²) in [5, 5.41) is 8.19. The van der Waals surface area contributed by atoms with Crippen LogP contribution in [-0.2, 0) is 44.5 Å². The summed E-state index contributed by atoms with van der Waals surface area (Å²) in [5.41, 5.74) is 0. The van der Waals surface area contributed by atoms with Crippen LogP contribution in [0.25, 0.3) is 0 Å². The molecule has 0 radical (unpaired) electrons. The van der Waals surface area contributed by atoms with Crippen molar-refractivity contribution in [3.63, 3.8) is 0 Å². The van der Waals surface area contributed by atoms with Crippen LogP contribution in [-0.4, -0.2) is 11.1 Å². The SMILES string of the molecule is CC1(O)OO1.[Cr].[Cr]. The molecule has 0 spiro atoms. The maximum atomic E-state index is 8.19. The third-order valence-corrected chi connectivity index (χ3v) is 0.325. The summed E-state index contributed by atoms with van der Waals surface area (Å²) in [6.45, 7) is 1.41. The van der Waals surface area contributed by atoms with Crippen molar-refractivity contribution in [3.05, 3.63) is 0 Å². The van der Waals surface area contributed by atoms with Gasteiger partial charge in [-0.3, -0.25) is 0 Å². The van der Waals surface area contributed by atoms with Gasteiger partial charge in [-0.25, -0.2) is 0 Å². The number of rotatable bonds is 0. The van der Waals surface area contributed by atoms with E-state index in [9.17, 15) is 0 Å². The smallest absolute Gasteiger partial charge is 0.334 e. The third kappa shape index (κ3) is 4.81. The van der Waals surface area contributed by atoms with E-state index < -0.39 is 5.97 Å². The van der Waals surface area contributed by atoms with Gasteiger partial charge in [-0.1, -0.05) is 0 Å². The van der Waals surface area contributed by atoms with Crippen LogP contribution in [0.1, 0.15) is 6.92 Å². The maximum Gasteiger partial charge on any atom is 0.334 e. The molecule has 1 heterocycles. The molecule has 3 nitrogen and oxygen atoms in total. The second-order valence-electron chi connectivity index (χ2n) is 1.06. The van der Waals surface area contributed by atoms with E-state index in [1.54, 1.807) is 0 Å². The van der Waals surface area contributed by atoms with Gasteiger partial charge < -0.3 is 5.11 Å². The van der Waals surface area contributed by atoms with Crippen LogP contribution < -0.4 is 0 Å². The molecule has 0 aromatic carbocycles. The predicted molar refractivity (Wildman–Crippen MR) is 12.8 cm³/mol. The molecule has 7 heavy (non-hydrogen) atoms. The van der Waals surface area contributed by atoms with Gasteiger partial charge in [0.25, 0.3) is 0 Å². The van der Waals surface area contributed by atoms with E-state index in [2.05, 4.69) is 9.78 Å². The largest absolute Gasteiger partial charge is 0.340 e. The topological polar surface area (TPSA) is 45.3 Å². The van der Waals surface area contributed by atoms with E-state index in [1.807, 2.05) is 0 Å². The first-order valence-electron chi connectivity index (χ1n) is 1.30. The summed E-state index contributed by atoms with van der Waals surface area (Å²) in [7, 11) is 0. The maximum absolute atomic E-state index is 8.19. The summed E-state index contributed by atoms with van der Waals surface area (Å²) in [4.78, 5) is 7.90. The van der Waals surface area contributed by atoms with Crippen LogP contribution in [0, 0.1) is 0 Å². The van der Waals surface area contributed by atoms with Crippen LogP contribution in [0.3, 0.4) is 0 Å². The molecule has 1 aliphatic rings. The van der Waals surface area contributed by atoms with Gasteiger partial charge >= 0.3 is 5.97 Å². The molecule has 1 fully saturated rings. The van der Waals surface area contributed by atoms with Gasteiger partial charge in [0.2, 0.25) is 0 Å². The fourth-order valence-electron chi connectivity index (χ4n) is 0.0603. The van der Waals surface area contributed by atoms with Crippen molar-refractivity contribution in [3.8, 4) is 0 Å². The van der Waals surface area contributed by atoms with E-state index in [0.29, 0.717) is 0 Å². The quantitative estimate of drug-likeness (QED) is 0.408. The molecular formula is C2H4Cr2O3. The Morgan fingerprint density at radius 1 is 1.29 bits per heavy atom. The predicted octanol–water partition coefficient (Wildman–Crippen LogP) is -0.391. The molecule has 1 rings (SSSR count). The minimum Gasteiger partial charge on any atom is -0.340 e. The Kier molecular flexibility index (Phi) is 4.75. The molecule has 0 bridgehead atoms. The molecule has 1 aliphatic heterocycles. The Hall–Kier alpha value is 0.945. The van der Waals surface area contributed by atoms with Crippen molar-refractivity contribution in [2.45, 2.75) is 12.9 Å². The summed E-state index contributed by atoms with van der Waals surface area (Å²) >= 11 is 0. The molecule has 0 aliphatic carbocycles. The van der Waals surface area contributed by atoms with Gasteiger partial charge in [0.1, 0.15) is 0 Å². The monoisotopic (exact) mass is 180 g/mol. The van der Waals surface area contributed by atoms with E-state index in [4.69, 9.17) is 5.11 Å². The standard InChI is InChI=1S/C2H4O3.2Cr/c1-2(3)4-5-2;;/h3H,1H3;;. The average molecular weight is 180 g/mol. The van der Waals surface area contributed by atoms with Crippen molar-refractivity contribution in [2.75, 3.05) is 0 Å². The van der Waals surface area contributed by atoms with Crippen molar-refractivity contribution in [1.82, 2.24) is 0 Å². The first kappa shape index (κ1) is 10.8. The van der Waals surface area contributed by atoms with E-state index in [1.165, 1.54) is 6.92 Å². The van der Waals surface area contributed by atoms with Crippen LogP contribution in [0.15, 0.2) is 0 Å². The molecule has 0 saturated carbocycles. The zero-order valence-corrected chi connectivity index (χ0v) is 6.13. The molecule has 42 valence electrons. The Morgan fingerprint density at radius 2 is 1.43 bits per heavy atom. The van der Waals surface area contributed by atoms with Gasteiger partial charge in [-0.15, -0.1) is 0 Å². The van der Waals surface area contributed by atoms with Crippen molar-refractivity contribution >= 4 is 0 Å². The first-order chi connectivity index (χ1) is 2.21. The normalized spacial score (nSPS) is 21.4. The van der Waals surface area contributed by atoms with E-state index in [0.717, 1.165) is 0 Å². The van der Waals surface area contributed by atoms with Gasteiger partial charge in [0.05, 0.1) is 0 Å². The number of aliphatic hydroxyl groups is 1.